The van der Waals surface area contributed by atoms with Crippen molar-refractivity contribution in [3.63, 3.8) is 0 Å². The molecule has 0 saturated carbocycles. The van der Waals surface area contributed by atoms with Gasteiger partial charge in [0.05, 0.1) is 7.11 Å². The van der Waals surface area contributed by atoms with Crippen molar-refractivity contribution in [2.75, 3.05) is 13.7 Å². The summed E-state index contributed by atoms with van der Waals surface area (Å²) in [6, 6.07) is 3.77. The van der Waals surface area contributed by atoms with Gasteiger partial charge in [-0.3, -0.25) is 0 Å². The lowest BCUT2D eigenvalue weighted by Gasteiger charge is -2.21. The summed E-state index contributed by atoms with van der Waals surface area (Å²) in [5, 5.41) is 9.94. The monoisotopic (exact) mass is 235 g/mol. The van der Waals surface area contributed by atoms with Crippen LogP contribution in [0.3, 0.4) is 0 Å². The van der Waals surface area contributed by atoms with E-state index >= 15 is 0 Å². The van der Waals surface area contributed by atoms with Crippen LogP contribution in [0.15, 0.2) is 18.2 Å². The highest BCUT2D eigenvalue weighted by Crippen LogP contribution is 2.36. The second kappa shape index (κ2) is 5.23. The van der Waals surface area contributed by atoms with Crippen molar-refractivity contribution in [2.24, 2.45) is 5.73 Å². The summed E-state index contributed by atoms with van der Waals surface area (Å²) >= 11 is 0. The molecule has 0 saturated heterocycles. The highest BCUT2D eigenvalue weighted by Gasteiger charge is 2.18. The number of phenols is 1. The van der Waals surface area contributed by atoms with E-state index in [2.05, 4.69) is 20.8 Å². The largest absolute Gasteiger partial charge is 0.504 e. The molecule has 3 nitrogen and oxygen atoms in total. The van der Waals surface area contributed by atoms with Crippen LogP contribution in [0, 0.1) is 0 Å². The number of hydrogen-bond donors (Lipinski definition) is 2. The Bertz CT molecular complexity index is 417. The van der Waals surface area contributed by atoms with E-state index in [1.165, 1.54) is 0 Å². The van der Waals surface area contributed by atoms with Gasteiger partial charge in [-0.2, -0.15) is 0 Å². The summed E-state index contributed by atoms with van der Waals surface area (Å²) in [5.74, 6) is 0.652. The predicted molar refractivity (Wildman–Crippen MR) is 71.4 cm³/mol. The Kier molecular flexibility index (Phi) is 4.18. The van der Waals surface area contributed by atoms with E-state index in [-0.39, 0.29) is 11.2 Å². The van der Waals surface area contributed by atoms with Crippen LogP contribution in [-0.2, 0) is 5.41 Å². The fourth-order valence-corrected chi connectivity index (χ4v) is 1.61. The summed E-state index contributed by atoms with van der Waals surface area (Å²) in [4.78, 5) is 0. The average molecular weight is 235 g/mol. The third-order valence-corrected chi connectivity index (χ3v) is 2.60. The zero-order chi connectivity index (χ0) is 13.1. The van der Waals surface area contributed by atoms with E-state index in [1.807, 2.05) is 18.2 Å². The number of phenolic OH excluding ortho intramolecular Hbond substituents is 1. The first kappa shape index (κ1) is 13.6. The van der Waals surface area contributed by atoms with Crippen molar-refractivity contribution < 1.29 is 9.84 Å². The van der Waals surface area contributed by atoms with E-state index in [9.17, 15) is 5.11 Å². The molecule has 1 aromatic carbocycles. The van der Waals surface area contributed by atoms with E-state index < -0.39 is 0 Å². The van der Waals surface area contributed by atoms with Crippen LogP contribution in [0.2, 0.25) is 0 Å². The van der Waals surface area contributed by atoms with Crippen LogP contribution < -0.4 is 10.5 Å². The van der Waals surface area contributed by atoms with Gasteiger partial charge in [0.15, 0.2) is 11.5 Å². The van der Waals surface area contributed by atoms with Crippen LogP contribution in [-0.4, -0.2) is 18.8 Å². The summed E-state index contributed by atoms with van der Waals surface area (Å²) in [5.41, 5.74) is 7.33. The molecule has 0 unspecified atom stereocenters. The van der Waals surface area contributed by atoms with Crippen LogP contribution in [0.1, 0.15) is 31.9 Å². The number of ether oxygens (including phenoxy) is 1. The Labute approximate surface area is 103 Å². The van der Waals surface area contributed by atoms with Gasteiger partial charge in [-0.15, -0.1) is 0 Å². The van der Waals surface area contributed by atoms with E-state index in [0.717, 1.165) is 11.1 Å². The minimum Gasteiger partial charge on any atom is -0.504 e. The molecular weight excluding hydrogens is 214 g/mol. The zero-order valence-electron chi connectivity index (χ0n) is 10.9. The third kappa shape index (κ3) is 3.24. The average Bonchev–Trinajstić information content (AvgIpc) is 2.24. The maximum atomic E-state index is 9.94. The van der Waals surface area contributed by atoms with Crippen LogP contribution >= 0.6 is 0 Å². The molecule has 3 heteroatoms. The molecule has 0 aliphatic carbocycles. The number of rotatable bonds is 3. The molecular formula is C14H21NO2. The lowest BCUT2D eigenvalue weighted by atomic mass is 9.85. The molecule has 1 aromatic rings. The Hall–Kier alpha value is -1.48. The quantitative estimate of drug-likeness (QED) is 0.847. The number of methoxy groups -OCH3 is 1. The number of nitrogens with two attached hydrogens (primary N) is 1. The van der Waals surface area contributed by atoms with E-state index in [0.29, 0.717) is 12.3 Å². The van der Waals surface area contributed by atoms with Gasteiger partial charge < -0.3 is 15.6 Å². The van der Waals surface area contributed by atoms with Crippen molar-refractivity contribution in [3.05, 3.63) is 29.3 Å². The van der Waals surface area contributed by atoms with Crippen molar-refractivity contribution in [2.45, 2.75) is 26.2 Å². The van der Waals surface area contributed by atoms with E-state index in [1.54, 1.807) is 13.2 Å². The predicted octanol–water partition coefficient (Wildman–Crippen LogP) is 2.67. The standard InChI is InChI=1S/C14H21NO2/c1-14(2,3)11-8-10(6-5-7-15)13(17-4)12(16)9-11/h5-6,8-9,16H,7,15H2,1-4H3/b6-5+. The molecule has 0 aromatic heterocycles. The van der Waals surface area contributed by atoms with Crippen molar-refractivity contribution in [1.82, 2.24) is 0 Å². The third-order valence-electron chi connectivity index (χ3n) is 2.60. The summed E-state index contributed by atoms with van der Waals surface area (Å²) in [6.45, 7) is 6.77. The van der Waals surface area contributed by atoms with E-state index in [4.69, 9.17) is 10.5 Å². The van der Waals surface area contributed by atoms with Gasteiger partial charge in [0, 0.05) is 12.1 Å². The Balaban J connectivity index is 3.33. The van der Waals surface area contributed by atoms with Gasteiger partial charge in [0.1, 0.15) is 0 Å². The van der Waals surface area contributed by atoms with Gasteiger partial charge in [0.25, 0.3) is 0 Å². The molecule has 0 aliphatic rings. The molecule has 3 N–H and O–H groups in total. The molecule has 17 heavy (non-hydrogen) atoms. The minimum atomic E-state index is -0.0188. The molecule has 0 amide bonds. The molecule has 0 fully saturated rings. The Morgan fingerprint density at radius 2 is 2.00 bits per heavy atom. The fourth-order valence-electron chi connectivity index (χ4n) is 1.61. The molecule has 94 valence electrons. The number of aromatic hydroxyl groups is 1. The normalized spacial score (nSPS) is 12.1. The smallest absolute Gasteiger partial charge is 0.167 e. The summed E-state index contributed by atoms with van der Waals surface area (Å²) < 4.78 is 5.20. The van der Waals surface area contributed by atoms with Crippen LogP contribution in [0.5, 0.6) is 11.5 Å². The second-order valence-electron chi connectivity index (χ2n) is 5.01. The zero-order valence-corrected chi connectivity index (χ0v) is 10.9. The van der Waals surface area contributed by atoms with Gasteiger partial charge in [-0.05, 0) is 23.1 Å². The molecule has 0 aliphatic heterocycles. The van der Waals surface area contributed by atoms with Crippen LogP contribution in [0.25, 0.3) is 6.08 Å². The first-order valence-electron chi connectivity index (χ1n) is 5.68. The molecule has 0 heterocycles. The van der Waals surface area contributed by atoms with Crippen molar-refractivity contribution >= 4 is 6.08 Å². The first-order chi connectivity index (χ1) is 7.90. The Morgan fingerprint density at radius 1 is 1.35 bits per heavy atom. The Morgan fingerprint density at radius 3 is 2.47 bits per heavy atom. The number of hydrogen-bond acceptors (Lipinski definition) is 3. The first-order valence-corrected chi connectivity index (χ1v) is 5.68. The molecule has 0 bridgehead atoms. The molecule has 0 atom stereocenters. The maximum absolute atomic E-state index is 9.94. The SMILES string of the molecule is COc1c(O)cc(C(C)(C)C)cc1/C=C/CN. The molecule has 1 rings (SSSR count). The highest BCUT2D eigenvalue weighted by atomic mass is 16.5. The van der Waals surface area contributed by atoms with Crippen LogP contribution in [0.4, 0.5) is 0 Å². The summed E-state index contributed by atoms with van der Waals surface area (Å²) in [6.07, 6.45) is 3.71. The topological polar surface area (TPSA) is 55.5 Å². The number of benzene rings is 1. The van der Waals surface area contributed by atoms with Crippen molar-refractivity contribution in [1.29, 1.82) is 0 Å². The fraction of sp³-hybridized carbons (Fsp3) is 0.429. The minimum absolute atomic E-state index is 0.0188. The van der Waals surface area contributed by atoms with Crippen molar-refractivity contribution in [3.8, 4) is 11.5 Å². The van der Waals surface area contributed by atoms with Gasteiger partial charge in [0.2, 0.25) is 0 Å². The second-order valence-corrected chi connectivity index (χ2v) is 5.01. The van der Waals surface area contributed by atoms with Gasteiger partial charge in [-0.1, -0.05) is 32.9 Å². The lowest BCUT2D eigenvalue weighted by molar-refractivity contribution is 0.371. The van der Waals surface area contributed by atoms with Gasteiger partial charge in [-0.25, -0.2) is 0 Å². The molecule has 0 radical (unpaired) electrons. The summed E-state index contributed by atoms with van der Waals surface area (Å²) in [7, 11) is 1.55. The maximum Gasteiger partial charge on any atom is 0.167 e. The van der Waals surface area contributed by atoms with Gasteiger partial charge >= 0.3 is 0 Å². The lowest BCUT2D eigenvalue weighted by Crippen LogP contribution is -2.11. The molecule has 0 spiro atoms. The highest BCUT2D eigenvalue weighted by molar-refractivity contribution is 5.64.